The van der Waals surface area contributed by atoms with Crippen LogP contribution >= 0.6 is 11.6 Å². The number of halogens is 1. The molecule has 0 aliphatic carbocycles. The molecular formula is C16H26ClN3. The third kappa shape index (κ3) is 4.10. The fourth-order valence-corrected chi connectivity index (χ4v) is 3.22. The summed E-state index contributed by atoms with van der Waals surface area (Å²) in [5.41, 5.74) is 1.15. The lowest BCUT2D eigenvalue weighted by atomic mass is 9.92. The number of rotatable bonds is 6. The van der Waals surface area contributed by atoms with Crippen molar-refractivity contribution in [1.82, 2.24) is 10.3 Å². The second-order valence-electron chi connectivity index (χ2n) is 5.65. The molecule has 0 spiro atoms. The summed E-state index contributed by atoms with van der Waals surface area (Å²) >= 11 is 6.41. The number of pyridine rings is 1. The van der Waals surface area contributed by atoms with Crippen LogP contribution in [0.5, 0.6) is 0 Å². The normalized spacial score (nSPS) is 16.6. The van der Waals surface area contributed by atoms with Gasteiger partial charge in [0.05, 0.1) is 5.02 Å². The molecule has 20 heavy (non-hydrogen) atoms. The highest BCUT2D eigenvalue weighted by molar-refractivity contribution is 6.33. The van der Waals surface area contributed by atoms with Crippen LogP contribution in [-0.2, 0) is 6.54 Å². The highest BCUT2D eigenvalue weighted by Crippen LogP contribution is 2.29. The second kappa shape index (κ2) is 7.84. The predicted octanol–water partition coefficient (Wildman–Crippen LogP) is 3.86. The first-order chi connectivity index (χ1) is 9.74. The fourth-order valence-electron chi connectivity index (χ4n) is 2.91. The van der Waals surface area contributed by atoms with E-state index in [0.717, 1.165) is 48.5 Å². The largest absolute Gasteiger partial charge is 0.355 e. The molecule has 0 radical (unpaired) electrons. The van der Waals surface area contributed by atoms with Gasteiger partial charge >= 0.3 is 0 Å². The van der Waals surface area contributed by atoms with Gasteiger partial charge in [0.15, 0.2) is 0 Å². The Bertz CT molecular complexity index is 414. The first kappa shape index (κ1) is 15.6. The van der Waals surface area contributed by atoms with Gasteiger partial charge in [-0.25, -0.2) is 4.98 Å². The molecular weight excluding hydrogens is 270 g/mol. The van der Waals surface area contributed by atoms with Gasteiger partial charge < -0.3 is 10.2 Å². The summed E-state index contributed by atoms with van der Waals surface area (Å²) in [6, 6.07) is 2.05. The van der Waals surface area contributed by atoms with E-state index in [1.54, 1.807) is 0 Å². The minimum Gasteiger partial charge on any atom is -0.355 e. The molecule has 1 N–H and O–H groups in total. The van der Waals surface area contributed by atoms with Crippen molar-refractivity contribution in [3.63, 3.8) is 0 Å². The Labute approximate surface area is 127 Å². The van der Waals surface area contributed by atoms with Crippen molar-refractivity contribution in [2.24, 2.45) is 5.92 Å². The summed E-state index contributed by atoms with van der Waals surface area (Å²) in [4.78, 5) is 6.92. The lowest BCUT2D eigenvalue weighted by molar-refractivity contribution is 0.377. The molecule has 1 aliphatic heterocycles. The van der Waals surface area contributed by atoms with Crippen LogP contribution in [0, 0.1) is 5.92 Å². The Balaban J connectivity index is 1.96. The van der Waals surface area contributed by atoms with E-state index in [1.807, 2.05) is 12.3 Å². The summed E-state index contributed by atoms with van der Waals surface area (Å²) < 4.78 is 0. The van der Waals surface area contributed by atoms with Crippen molar-refractivity contribution in [3.05, 3.63) is 22.8 Å². The van der Waals surface area contributed by atoms with Gasteiger partial charge in [-0.2, -0.15) is 0 Å². The number of hydrogen-bond acceptors (Lipinski definition) is 3. The topological polar surface area (TPSA) is 28.2 Å². The average molecular weight is 296 g/mol. The van der Waals surface area contributed by atoms with Crippen LogP contribution in [0.25, 0.3) is 0 Å². The number of piperidine rings is 1. The van der Waals surface area contributed by atoms with Crippen LogP contribution in [0.15, 0.2) is 12.3 Å². The molecule has 1 aliphatic rings. The zero-order chi connectivity index (χ0) is 14.4. The third-order valence-electron chi connectivity index (χ3n) is 4.07. The Morgan fingerprint density at radius 2 is 2.10 bits per heavy atom. The smallest absolute Gasteiger partial charge is 0.147 e. The minimum absolute atomic E-state index is 0.786. The van der Waals surface area contributed by atoms with Crippen molar-refractivity contribution < 1.29 is 0 Å². The zero-order valence-corrected chi connectivity index (χ0v) is 13.4. The molecule has 0 amide bonds. The molecule has 1 aromatic heterocycles. The molecule has 4 heteroatoms. The van der Waals surface area contributed by atoms with Crippen molar-refractivity contribution in [2.75, 3.05) is 24.5 Å². The Morgan fingerprint density at radius 1 is 1.35 bits per heavy atom. The quantitative estimate of drug-likeness (QED) is 0.864. The SMILES string of the molecule is CCCC1CCN(c2ncc(CNCC)cc2Cl)CC1. The van der Waals surface area contributed by atoms with E-state index in [-0.39, 0.29) is 0 Å². The summed E-state index contributed by atoms with van der Waals surface area (Å²) in [5.74, 6) is 1.85. The van der Waals surface area contributed by atoms with Crippen LogP contribution in [0.4, 0.5) is 5.82 Å². The van der Waals surface area contributed by atoms with Gasteiger partial charge in [-0.15, -0.1) is 0 Å². The third-order valence-corrected chi connectivity index (χ3v) is 4.35. The molecule has 112 valence electrons. The first-order valence-electron chi connectivity index (χ1n) is 7.84. The number of anilines is 1. The molecule has 0 saturated carbocycles. The van der Waals surface area contributed by atoms with Crippen LogP contribution < -0.4 is 10.2 Å². The summed E-state index contributed by atoms with van der Waals surface area (Å²) in [5, 5.41) is 4.08. The number of nitrogens with one attached hydrogen (secondary N) is 1. The van der Waals surface area contributed by atoms with E-state index in [0.29, 0.717) is 0 Å². The van der Waals surface area contributed by atoms with E-state index in [1.165, 1.54) is 25.7 Å². The van der Waals surface area contributed by atoms with Crippen LogP contribution in [0.1, 0.15) is 45.1 Å². The molecule has 1 aromatic rings. The monoisotopic (exact) mass is 295 g/mol. The maximum absolute atomic E-state index is 6.41. The van der Waals surface area contributed by atoms with Gasteiger partial charge in [-0.3, -0.25) is 0 Å². The summed E-state index contributed by atoms with van der Waals surface area (Å²) in [7, 11) is 0. The fraction of sp³-hybridized carbons (Fsp3) is 0.688. The Morgan fingerprint density at radius 3 is 2.70 bits per heavy atom. The van der Waals surface area contributed by atoms with Crippen LogP contribution in [-0.4, -0.2) is 24.6 Å². The maximum atomic E-state index is 6.41. The van der Waals surface area contributed by atoms with E-state index in [4.69, 9.17) is 11.6 Å². The molecule has 2 rings (SSSR count). The van der Waals surface area contributed by atoms with Gasteiger partial charge in [0.25, 0.3) is 0 Å². The van der Waals surface area contributed by atoms with Crippen LogP contribution in [0.2, 0.25) is 5.02 Å². The van der Waals surface area contributed by atoms with Crippen LogP contribution in [0.3, 0.4) is 0 Å². The molecule has 1 fully saturated rings. The lowest BCUT2D eigenvalue weighted by Crippen LogP contribution is -2.34. The lowest BCUT2D eigenvalue weighted by Gasteiger charge is -2.33. The minimum atomic E-state index is 0.786. The highest BCUT2D eigenvalue weighted by Gasteiger charge is 2.21. The Kier molecular flexibility index (Phi) is 6.11. The number of hydrogen-bond donors (Lipinski definition) is 1. The molecule has 0 aromatic carbocycles. The van der Waals surface area contributed by atoms with Gasteiger partial charge in [0, 0.05) is 25.8 Å². The summed E-state index contributed by atoms with van der Waals surface area (Å²) in [6.45, 7) is 8.35. The molecule has 3 nitrogen and oxygen atoms in total. The van der Waals surface area contributed by atoms with Gasteiger partial charge in [0.1, 0.15) is 5.82 Å². The van der Waals surface area contributed by atoms with E-state index >= 15 is 0 Å². The summed E-state index contributed by atoms with van der Waals surface area (Å²) in [6.07, 6.45) is 7.14. The van der Waals surface area contributed by atoms with Crippen molar-refractivity contribution >= 4 is 17.4 Å². The second-order valence-corrected chi connectivity index (χ2v) is 6.06. The van der Waals surface area contributed by atoms with Gasteiger partial charge in [0.2, 0.25) is 0 Å². The molecule has 0 atom stereocenters. The predicted molar refractivity (Wildman–Crippen MR) is 86.5 cm³/mol. The van der Waals surface area contributed by atoms with E-state index < -0.39 is 0 Å². The standard InChI is InChI=1S/C16H26ClN3/c1-3-5-13-6-8-20(9-7-13)16-15(17)10-14(12-19-16)11-18-4-2/h10,12-13,18H,3-9,11H2,1-2H3. The number of nitrogens with zero attached hydrogens (tertiary/aromatic N) is 2. The zero-order valence-electron chi connectivity index (χ0n) is 12.7. The molecule has 0 bridgehead atoms. The van der Waals surface area contributed by atoms with Gasteiger partial charge in [-0.05, 0) is 36.9 Å². The Hall–Kier alpha value is -0.800. The number of aromatic nitrogens is 1. The van der Waals surface area contributed by atoms with Gasteiger partial charge in [-0.1, -0.05) is 38.3 Å². The van der Waals surface area contributed by atoms with Crippen molar-refractivity contribution in [1.29, 1.82) is 0 Å². The molecule has 2 heterocycles. The maximum Gasteiger partial charge on any atom is 0.147 e. The average Bonchev–Trinajstić information content (AvgIpc) is 2.47. The molecule has 1 saturated heterocycles. The molecule has 0 unspecified atom stereocenters. The van der Waals surface area contributed by atoms with Crippen molar-refractivity contribution in [2.45, 2.75) is 46.1 Å². The van der Waals surface area contributed by atoms with E-state index in [2.05, 4.69) is 29.0 Å². The highest BCUT2D eigenvalue weighted by atomic mass is 35.5. The van der Waals surface area contributed by atoms with Crippen molar-refractivity contribution in [3.8, 4) is 0 Å². The van der Waals surface area contributed by atoms with E-state index in [9.17, 15) is 0 Å². The first-order valence-corrected chi connectivity index (χ1v) is 8.22.